The number of hydrogen-bond acceptors (Lipinski definition) is 5. The molecular formula is C22H25N3O2. The predicted octanol–water partition coefficient (Wildman–Crippen LogP) is 3.66. The Morgan fingerprint density at radius 3 is 2.74 bits per heavy atom. The van der Waals surface area contributed by atoms with Gasteiger partial charge in [-0.3, -0.25) is 0 Å². The zero-order valence-corrected chi connectivity index (χ0v) is 15.9. The van der Waals surface area contributed by atoms with Gasteiger partial charge >= 0.3 is 0 Å². The summed E-state index contributed by atoms with van der Waals surface area (Å²) >= 11 is 0. The minimum atomic E-state index is -0.341. The number of para-hydroxylation sites is 1. The van der Waals surface area contributed by atoms with Crippen LogP contribution in [0.5, 0.6) is 11.5 Å². The van der Waals surface area contributed by atoms with Gasteiger partial charge < -0.3 is 14.4 Å². The molecule has 0 aliphatic carbocycles. The lowest BCUT2D eigenvalue weighted by Crippen LogP contribution is -2.58. The molecule has 1 atom stereocenters. The molecule has 0 radical (unpaired) electrons. The molecule has 3 heterocycles. The molecular weight excluding hydrogens is 338 g/mol. The van der Waals surface area contributed by atoms with Crippen molar-refractivity contribution in [2.75, 3.05) is 27.2 Å². The molecule has 5 heteroatoms. The Labute approximate surface area is 160 Å². The van der Waals surface area contributed by atoms with Crippen molar-refractivity contribution in [3.63, 3.8) is 0 Å². The maximum absolute atomic E-state index is 6.62. The van der Waals surface area contributed by atoms with Gasteiger partial charge in [0.2, 0.25) is 5.72 Å². The van der Waals surface area contributed by atoms with Crippen LogP contribution in [0.2, 0.25) is 0 Å². The van der Waals surface area contributed by atoms with Crippen LogP contribution in [0.15, 0.2) is 53.6 Å². The Bertz CT molecular complexity index is 887. The summed E-state index contributed by atoms with van der Waals surface area (Å²) in [6.07, 6.45) is 2.82. The lowest BCUT2D eigenvalue weighted by atomic mass is 9.91. The summed E-state index contributed by atoms with van der Waals surface area (Å²) in [5, 5.41) is 7.37. The third-order valence-electron chi connectivity index (χ3n) is 6.08. The number of benzene rings is 2. The number of methoxy groups -OCH3 is 1. The van der Waals surface area contributed by atoms with E-state index in [1.54, 1.807) is 7.11 Å². The maximum atomic E-state index is 6.62. The van der Waals surface area contributed by atoms with E-state index >= 15 is 0 Å². The van der Waals surface area contributed by atoms with Crippen LogP contribution in [0.25, 0.3) is 0 Å². The summed E-state index contributed by atoms with van der Waals surface area (Å²) in [4.78, 5) is 2.37. The molecule has 1 unspecified atom stereocenters. The highest BCUT2D eigenvalue weighted by Gasteiger charge is 2.51. The van der Waals surface area contributed by atoms with E-state index in [9.17, 15) is 0 Å². The number of hydrazone groups is 1. The zero-order valence-electron chi connectivity index (χ0n) is 15.9. The van der Waals surface area contributed by atoms with E-state index in [1.165, 1.54) is 5.56 Å². The van der Waals surface area contributed by atoms with Crippen LogP contribution >= 0.6 is 0 Å². The number of ether oxygens (including phenoxy) is 2. The van der Waals surface area contributed by atoms with Crippen LogP contribution in [-0.2, 0) is 0 Å². The Balaban J connectivity index is 1.57. The first kappa shape index (κ1) is 16.6. The normalized spacial score (nSPS) is 23.4. The summed E-state index contributed by atoms with van der Waals surface area (Å²) in [7, 11) is 3.88. The van der Waals surface area contributed by atoms with Crippen LogP contribution in [0.1, 0.15) is 36.4 Å². The minimum Gasteiger partial charge on any atom is -0.497 e. The fourth-order valence-electron chi connectivity index (χ4n) is 4.50. The summed E-state index contributed by atoms with van der Waals surface area (Å²) in [6, 6.07) is 16.9. The molecule has 0 aromatic heterocycles. The predicted molar refractivity (Wildman–Crippen MR) is 105 cm³/mol. The van der Waals surface area contributed by atoms with E-state index < -0.39 is 0 Å². The Morgan fingerprint density at radius 1 is 1.11 bits per heavy atom. The highest BCUT2D eigenvalue weighted by atomic mass is 16.5. The summed E-state index contributed by atoms with van der Waals surface area (Å²) in [6.45, 7) is 2.05. The van der Waals surface area contributed by atoms with E-state index in [2.05, 4.69) is 53.4 Å². The van der Waals surface area contributed by atoms with Gasteiger partial charge in [0.25, 0.3) is 0 Å². The topological polar surface area (TPSA) is 37.3 Å². The number of fused-ring (bicyclic) bond motifs is 4. The van der Waals surface area contributed by atoms with Crippen molar-refractivity contribution in [3.05, 3.63) is 59.7 Å². The van der Waals surface area contributed by atoms with Gasteiger partial charge in [0.05, 0.1) is 18.9 Å². The third-order valence-corrected chi connectivity index (χ3v) is 6.08. The number of nitrogens with zero attached hydrogens (tertiary/aromatic N) is 3. The van der Waals surface area contributed by atoms with Gasteiger partial charge in [0.15, 0.2) is 0 Å². The molecule has 2 aromatic rings. The van der Waals surface area contributed by atoms with E-state index in [1.807, 2.05) is 12.1 Å². The average molecular weight is 363 g/mol. The lowest BCUT2D eigenvalue weighted by molar-refractivity contribution is -0.147. The molecule has 5 nitrogen and oxygen atoms in total. The van der Waals surface area contributed by atoms with Crippen molar-refractivity contribution in [1.29, 1.82) is 0 Å². The molecule has 1 fully saturated rings. The molecule has 0 N–H and O–H groups in total. The molecule has 3 aliphatic heterocycles. The number of hydrogen-bond donors (Lipinski definition) is 0. The minimum absolute atomic E-state index is 0.236. The Hall–Kier alpha value is -2.53. The van der Waals surface area contributed by atoms with Crippen molar-refractivity contribution in [3.8, 4) is 11.5 Å². The van der Waals surface area contributed by atoms with E-state index in [4.69, 9.17) is 14.6 Å². The van der Waals surface area contributed by atoms with E-state index in [-0.39, 0.29) is 11.8 Å². The first-order chi connectivity index (χ1) is 13.2. The average Bonchev–Trinajstić information content (AvgIpc) is 3.17. The van der Waals surface area contributed by atoms with E-state index in [0.717, 1.165) is 55.1 Å². The van der Waals surface area contributed by atoms with Gasteiger partial charge in [-0.1, -0.05) is 30.3 Å². The number of likely N-dealkylation sites (tertiary alicyclic amines) is 1. The molecule has 27 heavy (non-hydrogen) atoms. The Morgan fingerprint density at radius 2 is 1.93 bits per heavy atom. The number of piperidine rings is 1. The van der Waals surface area contributed by atoms with Crippen LogP contribution < -0.4 is 9.47 Å². The van der Waals surface area contributed by atoms with Crippen LogP contribution in [0.3, 0.4) is 0 Å². The second-order valence-electron chi connectivity index (χ2n) is 7.73. The molecule has 3 aliphatic rings. The second kappa shape index (κ2) is 6.27. The Kier molecular flexibility index (Phi) is 3.86. The molecule has 2 aromatic carbocycles. The summed E-state index contributed by atoms with van der Waals surface area (Å²) in [5.74, 6) is 1.89. The molecule has 5 rings (SSSR count). The van der Waals surface area contributed by atoms with Gasteiger partial charge in [-0.15, -0.1) is 0 Å². The number of rotatable bonds is 2. The molecule has 0 amide bonds. The monoisotopic (exact) mass is 363 g/mol. The first-order valence-corrected chi connectivity index (χ1v) is 9.66. The van der Waals surface area contributed by atoms with Crippen LogP contribution in [-0.4, -0.2) is 48.6 Å². The molecule has 1 saturated heterocycles. The fraction of sp³-hybridized carbons (Fsp3) is 0.409. The largest absolute Gasteiger partial charge is 0.497 e. The fourth-order valence-corrected chi connectivity index (χ4v) is 4.50. The van der Waals surface area contributed by atoms with Crippen LogP contribution in [0, 0.1) is 0 Å². The quantitative estimate of drug-likeness (QED) is 0.816. The smallest absolute Gasteiger partial charge is 0.200 e. The van der Waals surface area contributed by atoms with Crippen molar-refractivity contribution in [2.45, 2.75) is 31.0 Å². The van der Waals surface area contributed by atoms with Gasteiger partial charge in [-0.25, -0.2) is 5.01 Å². The van der Waals surface area contributed by atoms with Crippen LogP contribution in [0.4, 0.5) is 0 Å². The van der Waals surface area contributed by atoms with Crippen molar-refractivity contribution in [2.24, 2.45) is 5.10 Å². The lowest BCUT2D eigenvalue weighted by Gasteiger charge is -2.50. The molecule has 0 saturated carbocycles. The van der Waals surface area contributed by atoms with Gasteiger partial charge in [0, 0.05) is 43.5 Å². The van der Waals surface area contributed by atoms with Crippen molar-refractivity contribution >= 4 is 5.71 Å². The molecule has 0 bridgehead atoms. The SMILES string of the molecule is COc1cccc(C2=NN3C(C2)c2ccccc2OC32CCN(C)CC2)c1. The van der Waals surface area contributed by atoms with E-state index in [0.29, 0.717) is 0 Å². The second-order valence-corrected chi connectivity index (χ2v) is 7.73. The van der Waals surface area contributed by atoms with Gasteiger partial charge in [-0.2, -0.15) is 5.10 Å². The van der Waals surface area contributed by atoms with Crippen molar-refractivity contribution < 1.29 is 9.47 Å². The summed E-state index contributed by atoms with van der Waals surface area (Å²) in [5.41, 5.74) is 3.14. The first-order valence-electron chi connectivity index (χ1n) is 9.66. The van der Waals surface area contributed by atoms with Gasteiger partial charge in [-0.05, 0) is 25.2 Å². The highest BCUT2D eigenvalue weighted by Crippen LogP contribution is 2.49. The zero-order chi connectivity index (χ0) is 18.4. The highest BCUT2D eigenvalue weighted by molar-refractivity contribution is 6.02. The standard InChI is InChI=1S/C22H25N3O2/c1-24-12-10-22(11-13-24)25-20(18-8-3-4-9-21(18)27-22)15-19(23-25)16-6-5-7-17(14-16)26-2/h3-9,14,20H,10-13,15H2,1-2H3. The van der Waals surface area contributed by atoms with Gasteiger partial charge in [0.1, 0.15) is 11.5 Å². The third kappa shape index (κ3) is 2.69. The molecule has 1 spiro atoms. The van der Waals surface area contributed by atoms with Crippen molar-refractivity contribution in [1.82, 2.24) is 9.91 Å². The molecule has 140 valence electrons. The maximum Gasteiger partial charge on any atom is 0.200 e. The summed E-state index contributed by atoms with van der Waals surface area (Å²) < 4.78 is 12.0.